The van der Waals surface area contributed by atoms with Crippen LogP contribution >= 0.6 is 0 Å². The van der Waals surface area contributed by atoms with Crippen molar-refractivity contribution in [3.05, 3.63) is 47.3 Å². The van der Waals surface area contributed by atoms with Crippen molar-refractivity contribution in [3.63, 3.8) is 0 Å². The van der Waals surface area contributed by atoms with Gasteiger partial charge in [-0.2, -0.15) is 0 Å². The van der Waals surface area contributed by atoms with E-state index in [1.54, 1.807) is 38.2 Å². The van der Waals surface area contributed by atoms with Gasteiger partial charge in [-0.25, -0.2) is 4.79 Å². The van der Waals surface area contributed by atoms with E-state index in [1.807, 2.05) is 0 Å². The summed E-state index contributed by atoms with van der Waals surface area (Å²) in [5.74, 6) is -0.738. The zero-order chi connectivity index (χ0) is 14.7. The number of anilines is 1. The van der Waals surface area contributed by atoms with E-state index in [2.05, 4.69) is 5.16 Å². The number of benzene rings is 1. The number of aromatic nitrogens is 1. The fourth-order valence-electron chi connectivity index (χ4n) is 1.81. The average Bonchev–Trinajstić information content (AvgIpc) is 2.91. The Balaban J connectivity index is 2.39. The zero-order valence-corrected chi connectivity index (χ0v) is 11.4. The minimum Gasteiger partial charge on any atom is -0.465 e. The van der Waals surface area contributed by atoms with Crippen molar-refractivity contribution in [2.45, 2.75) is 6.92 Å². The van der Waals surface area contributed by atoms with E-state index in [0.717, 1.165) is 0 Å². The van der Waals surface area contributed by atoms with Crippen molar-refractivity contribution in [3.8, 4) is 0 Å². The molecule has 0 radical (unpaired) electrons. The summed E-state index contributed by atoms with van der Waals surface area (Å²) < 4.78 is 9.65. The van der Waals surface area contributed by atoms with Crippen molar-refractivity contribution in [1.82, 2.24) is 5.16 Å². The summed E-state index contributed by atoms with van der Waals surface area (Å²) in [6.45, 7) is 1.73. The van der Waals surface area contributed by atoms with E-state index in [-0.39, 0.29) is 11.7 Å². The van der Waals surface area contributed by atoms with Crippen LogP contribution in [-0.2, 0) is 4.74 Å². The Morgan fingerprint density at radius 3 is 2.60 bits per heavy atom. The van der Waals surface area contributed by atoms with Gasteiger partial charge < -0.3 is 14.2 Å². The minimum absolute atomic E-state index is 0.146. The largest absolute Gasteiger partial charge is 0.465 e. The summed E-state index contributed by atoms with van der Waals surface area (Å²) in [7, 11) is 2.85. The van der Waals surface area contributed by atoms with E-state index < -0.39 is 5.97 Å². The van der Waals surface area contributed by atoms with Gasteiger partial charge in [-0.1, -0.05) is 17.3 Å². The van der Waals surface area contributed by atoms with Gasteiger partial charge in [-0.3, -0.25) is 4.79 Å². The lowest BCUT2D eigenvalue weighted by Gasteiger charge is -2.18. The normalized spacial score (nSPS) is 10.2. The van der Waals surface area contributed by atoms with Crippen LogP contribution in [0.3, 0.4) is 0 Å². The summed E-state index contributed by atoms with van der Waals surface area (Å²) in [6.07, 6.45) is 1.47. The number of hydrogen-bond donors (Lipinski definition) is 0. The molecule has 104 valence electrons. The molecule has 2 aromatic rings. The standard InChI is InChI=1S/C14H14N2O4/c1-9-8-15-20-12(9)13(17)16(2)11-7-5-4-6-10(11)14(18)19-3/h4-8H,1-3H3. The fourth-order valence-corrected chi connectivity index (χ4v) is 1.81. The Kier molecular flexibility index (Phi) is 3.84. The second-order valence-corrected chi connectivity index (χ2v) is 4.21. The molecule has 0 atom stereocenters. The number of amides is 1. The third-order valence-corrected chi connectivity index (χ3v) is 2.92. The number of methoxy groups -OCH3 is 1. The van der Waals surface area contributed by atoms with Crippen molar-refractivity contribution >= 4 is 17.6 Å². The molecule has 0 aliphatic heterocycles. The van der Waals surface area contributed by atoms with E-state index in [1.165, 1.54) is 18.2 Å². The number of esters is 1. The molecule has 0 fully saturated rings. The van der Waals surface area contributed by atoms with Gasteiger partial charge in [0.2, 0.25) is 5.76 Å². The first-order valence-electron chi connectivity index (χ1n) is 5.93. The van der Waals surface area contributed by atoms with Gasteiger partial charge in [-0.15, -0.1) is 0 Å². The number of hydrogen-bond acceptors (Lipinski definition) is 5. The van der Waals surface area contributed by atoms with Crippen LogP contribution in [0.4, 0.5) is 5.69 Å². The molecule has 0 unspecified atom stereocenters. The van der Waals surface area contributed by atoms with Gasteiger partial charge in [0.05, 0.1) is 24.6 Å². The number of carbonyl (C=O) groups is 2. The first kappa shape index (κ1) is 13.8. The highest BCUT2D eigenvalue weighted by molar-refractivity contribution is 6.08. The summed E-state index contributed by atoms with van der Waals surface area (Å²) in [6, 6.07) is 6.70. The van der Waals surface area contributed by atoms with Crippen molar-refractivity contribution in [1.29, 1.82) is 0 Å². The molecule has 0 saturated carbocycles. The minimum atomic E-state index is -0.505. The molecule has 0 aliphatic carbocycles. The van der Waals surface area contributed by atoms with Crippen LogP contribution in [0.15, 0.2) is 35.0 Å². The van der Waals surface area contributed by atoms with Gasteiger partial charge in [0.25, 0.3) is 5.91 Å². The molecule has 0 bridgehead atoms. The molecule has 1 aromatic heterocycles. The molecular formula is C14H14N2O4. The highest BCUT2D eigenvalue weighted by Crippen LogP contribution is 2.22. The van der Waals surface area contributed by atoms with E-state index in [0.29, 0.717) is 16.8 Å². The summed E-state index contributed by atoms with van der Waals surface area (Å²) in [5.41, 5.74) is 1.39. The van der Waals surface area contributed by atoms with Gasteiger partial charge in [0.15, 0.2) is 0 Å². The van der Waals surface area contributed by atoms with Gasteiger partial charge in [0.1, 0.15) is 0 Å². The molecule has 0 aliphatic rings. The molecule has 2 rings (SSSR count). The van der Waals surface area contributed by atoms with Crippen molar-refractivity contribution < 1.29 is 18.8 Å². The number of ether oxygens (including phenoxy) is 1. The van der Waals surface area contributed by atoms with Gasteiger partial charge in [0, 0.05) is 12.6 Å². The van der Waals surface area contributed by atoms with Crippen LogP contribution in [0.5, 0.6) is 0 Å². The smallest absolute Gasteiger partial charge is 0.339 e. The zero-order valence-electron chi connectivity index (χ0n) is 11.4. The molecule has 0 spiro atoms. The maximum atomic E-state index is 12.3. The van der Waals surface area contributed by atoms with Crippen LogP contribution in [0, 0.1) is 6.92 Å². The predicted molar refractivity (Wildman–Crippen MR) is 71.8 cm³/mol. The fraction of sp³-hybridized carbons (Fsp3) is 0.214. The highest BCUT2D eigenvalue weighted by atomic mass is 16.5. The molecule has 1 aromatic carbocycles. The SMILES string of the molecule is COC(=O)c1ccccc1N(C)C(=O)c1oncc1C. The molecule has 6 nitrogen and oxygen atoms in total. The van der Waals surface area contributed by atoms with Crippen LogP contribution in [0.1, 0.15) is 26.5 Å². The Hall–Kier alpha value is -2.63. The van der Waals surface area contributed by atoms with Crippen molar-refractivity contribution in [2.24, 2.45) is 0 Å². The monoisotopic (exact) mass is 274 g/mol. The quantitative estimate of drug-likeness (QED) is 0.801. The summed E-state index contributed by atoms with van der Waals surface area (Å²) in [5, 5.41) is 3.58. The lowest BCUT2D eigenvalue weighted by Crippen LogP contribution is -2.28. The Labute approximate surface area is 115 Å². The average molecular weight is 274 g/mol. The second-order valence-electron chi connectivity index (χ2n) is 4.21. The van der Waals surface area contributed by atoms with E-state index in [4.69, 9.17) is 9.26 Å². The second kappa shape index (κ2) is 5.56. The molecule has 0 saturated heterocycles. The topological polar surface area (TPSA) is 72.6 Å². The number of carbonyl (C=O) groups excluding carboxylic acids is 2. The molecule has 0 N–H and O–H groups in total. The first-order valence-corrected chi connectivity index (χ1v) is 5.93. The lowest BCUT2D eigenvalue weighted by atomic mass is 10.1. The molecule has 1 amide bonds. The summed E-state index contributed by atoms with van der Waals surface area (Å²) in [4.78, 5) is 25.4. The van der Waals surface area contributed by atoms with Crippen LogP contribution in [0.25, 0.3) is 0 Å². The van der Waals surface area contributed by atoms with Gasteiger partial charge in [-0.05, 0) is 19.1 Å². The van der Waals surface area contributed by atoms with Gasteiger partial charge >= 0.3 is 5.97 Å². The van der Waals surface area contributed by atoms with Crippen molar-refractivity contribution in [2.75, 3.05) is 19.1 Å². The van der Waals surface area contributed by atoms with Crippen LogP contribution in [0.2, 0.25) is 0 Å². The number of aryl methyl sites for hydroxylation is 1. The lowest BCUT2D eigenvalue weighted by molar-refractivity contribution is 0.0601. The Morgan fingerprint density at radius 1 is 1.30 bits per heavy atom. The number of para-hydroxylation sites is 1. The third-order valence-electron chi connectivity index (χ3n) is 2.92. The maximum absolute atomic E-state index is 12.3. The predicted octanol–water partition coefficient (Wildman–Crippen LogP) is 2.05. The first-order chi connectivity index (χ1) is 9.56. The molecule has 1 heterocycles. The third kappa shape index (κ3) is 2.40. The molecule has 20 heavy (non-hydrogen) atoms. The summed E-state index contributed by atoms with van der Waals surface area (Å²) >= 11 is 0. The maximum Gasteiger partial charge on any atom is 0.339 e. The highest BCUT2D eigenvalue weighted by Gasteiger charge is 2.23. The van der Waals surface area contributed by atoms with Crippen LogP contribution in [-0.4, -0.2) is 31.2 Å². The van der Waals surface area contributed by atoms with Crippen LogP contribution < -0.4 is 4.90 Å². The number of rotatable bonds is 3. The molecular weight excluding hydrogens is 260 g/mol. The molecule has 6 heteroatoms. The number of nitrogens with zero attached hydrogens (tertiary/aromatic N) is 2. The van der Waals surface area contributed by atoms with E-state index in [9.17, 15) is 9.59 Å². The Morgan fingerprint density at radius 2 is 2.00 bits per heavy atom. The Bertz CT molecular complexity index is 648. The van der Waals surface area contributed by atoms with E-state index >= 15 is 0 Å².